The summed E-state index contributed by atoms with van der Waals surface area (Å²) >= 11 is 5.13. The van der Waals surface area contributed by atoms with Crippen molar-refractivity contribution in [3.63, 3.8) is 0 Å². The van der Waals surface area contributed by atoms with Crippen LogP contribution >= 0.6 is 12.2 Å². The molecule has 1 heterocycles. The summed E-state index contributed by atoms with van der Waals surface area (Å²) in [7, 11) is 0. The van der Waals surface area contributed by atoms with E-state index in [2.05, 4.69) is 32.6 Å². The van der Waals surface area contributed by atoms with Gasteiger partial charge in [0.15, 0.2) is 0 Å². The predicted molar refractivity (Wildman–Crippen MR) is 80.9 cm³/mol. The zero-order valence-corrected chi connectivity index (χ0v) is 13.2. The zero-order valence-electron chi connectivity index (χ0n) is 12.4. The molecule has 4 nitrogen and oxygen atoms in total. The molecule has 2 aliphatic rings. The van der Waals surface area contributed by atoms with Crippen LogP contribution in [0.15, 0.2) is 0 Å². The lowest BCUT2D eigenvalue weighted by Crippen LogP contribution is -2.60. The van der Waals surface area contributed by atoms with E-state index in [-0.39, 0.29) is 16.9 Å². The van der Waals surface area contributed by atoms with Crippen molar-refractivity contribution >= 4 is 23.1 Å². The number of carbonyl (C=O) groups excluding carboxylic acids is 1. The smallest absolute Gasteiger partial charge is 0.226 e. The molecule has 5 heteroatoms. The Morgan fingerprint density at radius 1 is 1.26 bits per heavy atom. The lowest BCUT2D eigenvalue weighted by Gasteiger charge is -2.43. The summed E-state index contributed by atoms with van der Waals surface area (Å²) in [4.78, 5) is 17.1. The first-order chi connectivity index (χ1) is 8.66. The van der Waals surface area contributed by atoms with Gasteiger partial charge in [-0.25, -0.2) is 0 Å². The van der Waals surface area contributed by atoms with Gasteiger partial charge < -0.3 is 10.6 Å². The molecule has 2 rings (SSSR count). The molecule has 1 amide bonds. The predicted octanol–water partition coefficient (Wildman–Crippen LogP) is 1.24. The average molecular weight is 283 g/mol. The highest BCUT2D eigenvalue weighted by Crippen LogP contribution is 2.52. The van der Waals surface area contributed by atoms with Gasteiger partial charge >= 0.3 is 0 Å². The van der Waals surface area contributed by atoms with Crippen molar-refractivity contribution in [3.8, 4) is 0 Å². The molecule has 19 heavy (non-hydrogen) atoms. The number of piperazine rings is 1. The Morgan fingerprint density at radius 2 is 1.74 bits per heavy atom. The van der Waals surface area contributed by atoms with Crippen molar-refractivity contribution in [1.29, 1.82) is 0 Å². The number of carbonyl (C=O) groups is 1. The van der Waals surface area contributed by atoms with Crippen molar-refractivity contribution in [3.05, 3.63) is 0 Å². The molecular weight excluding hydrogens is 258 g/mol. The van der Waals surface area contributed by atoms with Crippen molar-refractivity contribution in [2.75, 3.05) is 26.2 Å². The minimum Gasteiger partial charge on any atom is -0.392 e. The van der Waals surface area contributed by atoms with E-state index >= 15 is 0 Å². The molecule has 2 fully saturated rings. The lowest BCUT2D eigenvalue weighted by atomic mass is 10.0. The Kier molecular flexibility index (Phi) is 3.64. The summed E-state index contributed by atoms with van der Waals surface area (Å²) in [6.07, 6.45) is 1.03. The molecule has 0 aromatic heterocycles. The third kappa shape index (κ3) is 2.77. The van der Waals surface area contributed by atoms with Crippen LogP contribution in [0.1, 0.15) is 34.1 Å². The van der Waals surface area contributed by atoms with Crippen LogP contribution in [0, 0.1) is 11.3 Å². The SMILES string of the molecule is CC1(C)CC1C(=O)N1CCN(C(C)(C)C(N)=S)CC1. The molecule has 1 unspecified atom stereocenters. The van der Waals surface area contributed by atoms with Gasteiger partial charge in [-0.2, -0.15) is 0 Å². The Balaban J connectivity index is 1.90. The molecule has 1 saturated carbocycles. The third-order valence-corrected chi connectivity index (χ3v) is 5.30. The number of thiocarbonyl (C=S) groups is 1. The summed E-state index contributed by atoms with van der Waals surface area (Å²) in [5, 5.41) is 0. The topological polar surface area (TPSA) is 49.6 Å². The lowest BCUT2D eigenvalue weighted by molar-refractivity contribution is -0.135. The molecule has 0 aromatic carbocycles. The van der Waals surface area contributed by atoms with E-state index in [9.17, 15) is 4.79 Å². The van der Waals surface area contributed by atoms with Crippen LogP contribution in [0.2, 0.25) is 0 Å². The van der Waals surface area contributed by atoms with E-state index in [1.165, 1.54) is 0 Å². The summed E-state index contributed by atoms with van der Waals surface area (Å²) < 4.78 is 0. The fraction of sp³-hybridized carbons (Fsp3) is 0.857. The van der Waals surface area contributed by atoms with Crippen molar-refractivity contribution in [2.45, 2.75) is 39.7 Å². The fourth-order valence-electron chi connectivity index (χ4n) is 2.75. The molecule has 1 saturated heterocycles. The van der Waals surface area contributed by atoms with Gasteiger partial charge in [-0.15, -0.1) is 0 Å². The van der Waals surface area contributed by atoms with Gasteiger partial charge in [0.05, 0.1) is 10.5 Å². The number of amides is 1. The van der Waals surface area contributed by atoms with Gasteiger partial charge in [-0.05, 0) is 25.7 Å². The standard InChI is InChI=1S/C14H25N3OS/c1-13(2)9-10(13)11(18)16-5-7-17(8-6-16)14(3,4)12(15)19/h10H,5-9H2,1-4H3,(H2,15,19). The second-order valence-corrected chi connectivity index (χ2v) is 7.42. The zero-order chi connectivity index (χ0) is 14.4. The van der Waals surface area contributed by atoms with E-state index < -0.39 is 0 Å². The minimum atomic E-state index is -0.261. The van der Waals surface area contributed by atoms with Crippen LogP contribution in [-0.4, -0.2) is 52.4 Å². The summed E-state index contributed by atoms with van der Waals surface area (Å²) in [6.45, 7) is 11.7. The average Bonchev–Trinajstić information content (AvgIpc) is 2.97. The first-order valence-corrected chi connectivity index (χ1v) is 7.41. The molecule has 1 aliphatic heterocycles. The van der Waals surface area contributed by atoms with Crippen LogP contribution in [0.4, 0.5) is 0 Å². The van der Waals surface area contributed by atoms with Gasteiger partial charge in [-0.1, -0.05) is 26.1 Å². The largest absolute Gasteiger partial charge is 0.392 e. The second-order valence-electron chi connectivity index (χ2n) is 6.98. The van der Waals surface area contributed by atoms with Crippen LogP contribution in [-0.2, 0) is 4.79 Å². The number of hydrogen-bond acceptors (Lipinski definition) is 3. The normalized spacial score (nSPS) is 27.2. The molecule has 1 atom stereocenters. The summed E-state index contributed by atoms with van der Waals surface area (Å²) in [5.41, 5.74) is 5.75. The van der Waals surface area contributed by atoms with Crippen LogP contribution in [0.5, 0.6) is 0 Å². The molecule has 108 valence electrons. The summed E-state index contributed by atoms with van der Waals surface area (Å²) in [6, 6.07) is 0. The quantitative estimate of drug-likeness (QED) is 0.792. The second kappa shape index (κ2) is 4.70. The van der Waals surface area contributed by atoms with Gasteiger partial charge in [0.2, 0.25) is 5.91 Å². The highest BCUT2D eigenvalue weighted by molar-refractivity contribution is 7.80. The van der Waals surface area contributed by atoms with Crippen LogP contribution in [0.25, 0.3) is 0 Å². The fourth-order valence-corrected chi connectivity index (χ4v) is 2.88. The Hall–Kier alpha value is -0.680. The maximum Gasteiger partial charge on any atom is 0.226 e. The molecular formula is C14H25N3OS. The number of nitrogens with zero attached hydrogens (tertiary/aromatic N) is 2. The highest BCUT2D eigenvalue weighted by atomic mass is 32.1. The first kappa shape index (κ1) is 14.7. The van der Waals surface area contributed by atoms with E-state index in [0.717, 1.165) is 32.6 Å². The van der Waals surface area contributed by atoms with Crippen molar-refractivity contribution in [2.24, 2.45) is 17.1 Å². The molecule has 2 N–H and O–H groups in total. The van der Waals surface area contributed by atoms with Gasteiger partial charge in [0.25, 0.3) is 0 Å². The van der Waals surface area contributed by atoms with Crippen LogP contribution in [0.3, 0.4) is 0 Å². The van der Waals surface area contributed by atoms with E-state index in [4.69, 9.17) is 18.0 Å². The van der Waals surface area contributed by atoms with Crippen molar-refractivity contribution in [1.82, 2.24) is 9.80 Å². The van der Waals surface area contributed by atoms with E-state index in [1.807, 2.05) is 4.90 Å². The molecule has 0 aromatic rings. The number of rotatable bonds is 3. The molecule has 0 spiro atoms. The Labute approximate surface area is 121 Å². The Bertz CT molecular complexity index is 397. The molecule has 0 bridgehead atoms. The monoisotopic (exact) mass is 283 g/mol. The van der Waals surface area contributed by atoms with Gasteiger partial charge in [0, 0.05) is 32.1 Å². The van der Waals surface area contributed by atoms with E-state index in [0.29, 0.717) is 10.9 Å². The summed E-state index contributed by atoms with van der Waals surface area (Å²) in [5.74, 6) is 0.570. The maximum absolute atomic E-state index is 12.3. The highest BCUT2D eigenvalue weighted by Gasteiger charge is 2.52. The van der Waals surface area contributed by atoms with Crippen LogP contribution < -0.4 is 5.73 Å². The minimum absolute atomic E-state index is 0.215. The third-order valence-electron chi connectivity index (χ3n) is 4.80. The first-order valence-electron chi connectivity index (χ1n) is 7.00. The molecule has 1 aliphatic carbocycles. The van der Waals surface area contributed by atoms with Gasteiger partial charge in [0.1, 0.15) is 0 Å². The number of hydrogen-bond donors (Lipinski definition) is 1. The number of nitrogens with two attached hydrogens (primary N) is 1. The maximum atomic E-state index is 12.3. The van der Waals surface area contributed by atoms with Crippen molar-refractivity contribution < 1.29 is 4.79 Å². The Morgan fingerprint density at radius 3 is 2.11 bits per heavy atom. The van der Waals surface area contributed by atoms with Gasteiger partial charge in [-0.3, -0.25) is 9.69 Å². The molecule has 0 radical (unpaired) electrons. The van der Waals surface area contributed by atoms with E-state index in [1.54, 1.807) is 0 Å².